The molecule has 0 aliphatic heterocycles. The van der Waals surface area contributed by atoms with E-state index in [9.17, 15) is 0 Å². The molecular formula is C20H30N2. The van der Waals surface area contributed by atoms with E-state index in [1.165, 1.54) is 35.7 Å². The molecule has 0 saturated heterocycles. The Morgan fingerprint density at radius 1 is 1.00 bits per heavy atom. The second-order valence-electron chi connectivity index (χ2n) is 6.13. The van der Waals surface area contributed by atoms with E-state index in [1.807, 2.05) is 0 Å². The molecule has 0 saturated carbocycles. The molecule has 0 spiro atoms. The van der Waals surface area contributed by atoms with Crippen molar-refractivity contribution in [2.24, 2.45) is 0 Å². The molecule has 0 amide bonds. The molecule has 2 nitrogen and oxygen atoms in total. The molecule has 0 aromatic heterocycles. The molecule has 0 fully saturated rings. The number of benzene rings is 2. The van der Waals surface area contributed by atoms with E-state index in [0.29, 0.717) is 6.04 Å². The van der Waals surface area contributed by atoms with Gasteiger partial charge in [-0.2, -0.15) is 0 Å². The maximum absolute atomic E-state index is 3.65. The van der Waals surface area contributed by atoms with Crippen molar-refractivity contribution in [1.82, 2.24) is 10.2 Å². The summed E-state index contributed by atoms with van der Waals surface area (Å²) in [5.74, 6) is 0. The molecule has 0 heterocycles. The van der Waals surface area contributed by atoms with Crippen LogP contribution in [0.4, 0.5) is 0 Å². The highest BCUT2D eigenvalue weighted by Crippen LogP contribution is 2.15. The minimum Gasteiger partial charge on any atom is -0.310 e. The van der Waals surface area contributed by atoms with Gasteiger partial charge >= 0.3 is 0 Å². The second kappa shape index (κ2) is 8.92. The van der Waals surface area contributed by atoms with Crippen molar-refractivity contribution < 1.29 is 0 Å². The van der Waals surface area contributed by atoms with E-state index in [-0.39, 0.29) is 0 Å². The molecule has 2 heteroatoms. The van der Waals surface area contributed by atoms with Crippen molar-refractivity contribution >= 4 is 10.8 Å². The van der Waals surface area contributed by atoms with Crippen molar-refractivity contribution in [2.45, 2.75) is 46.2 Å². The van der Waals surface area contributed by atoms with Crippen molar-refractivity contribution in [2.75, 3.05) is 19.6 Å². The molecule has 22 heavy (non-hydrogen) atoms. The predicted octanol–water partition coefficient (Wildman–Crippen LogP) is 4.44. The SMILES string of the molecule is CCN(CC)CCCC(C)NCc1ccc2ccccc2c1. The molecule has 0 aliphatic rings. The number of nitrogens with one attached hydrogen (secondary N) is 1. The Kier molecular flexibility index (Phi) is 6.88. The van der Waals surface area contributed by atoms with Crippen LogP contribution in [0.1, 0.15) is 39.2 Å². The Bertz CT molecular complexity index is 560. The van der Waals surface area contributed by atoms with E-state index in [4.69, 9.17) is 0 Å². The lowest BCUT2D eigenvalue weighted by Gasteiger charge is -2.20. The summed E-state index contributed by atoms with van der Waals surface area (Å²) in [5, 5.41) is 6.30. The van der Waals surface area contributed by atoms with Gasteiger partial charge in [-0.05, 0) is 61.8 Å². The first-order valence-electron chi connectivity index (χ1n) is 8.66. The zero-order valence-electron chi connectivity index (χ0n) is 14.3. The first kappa shape index (κ1) is 17.0. The molecule has 0 bridgehead atoms. The van der Waals surface area contributed by atoms with Crippen LogP contribution >= 0.6 is 0 Å². The fourth-order valence-corrected chi connectivity index (χ4v) is 2.90. The van der Waals surface area contributed by atoms with Gasteiger partial charge in [-0.1, -0.05) is 50.2 Å². The normalized spacial score (nSPS) is 12.9. The maximum atomic E-state index is 3.65. The number of rotatable bonds is 9. The third-order valence-electron chi connectivity index (χ3n) is 4.47. The van der Waals surface area contributed by atoms with Gasteiger partial charge in [0.2, 0.25) is 0 Å². The summed E-state index contributed by atoms with van der Waals surface area (Å²) in [6.45, 7) is 11.3. The smallest absolute Gasteiger partial charge is 0.0208 e. The summed E-state index contributed by atoms with van der Waals surface area (Å²) < 4.78 is 0. The monoisotopic (exact) mass is 298 g/mol. The summed E-state index contributed by atoms with van der Waals surface area (Å²) in [7, 11) is 0. The zero-order chi connectivity index (χ0) is 15.8. The predicted molar refractivity (Wildman–Crippen MR) is 97.3 cm³/mol. The lowest BCUT2D eigenvalue weighted by molar-refractivity contribution is 0.290. The summed E-state index contributed by atoms with van der Waals surface area (Å²) in [6, 6.07) is 15.9. The lowest BCUT2D eigenvalue weighted by Crippen LogP contribution is -2.28. The molecule has 2 aromatic rings. The van der Waals surface area contributed by atoms with Gasteiger partial charge in [-0.25, -0.2) is 0 Å². The van der Waals surface area contributed by atoms with Crippen LogP contribution in [-0.2, 0) is 6.54 Å². The topological polar surface area (TPSA) is 15.3 Å². The van der Waals surface area contributed by atoms with Gasteiger partial charge in [-0.15, -0.1) is 0 Å². The lowest BCUT2D eigenvalue weighted by atomic mass is 10.1. The molecule has 2 aromatic carbocycles. The number of hydrogen-bond donors (Lipinski definition) is 1. The van der Waals surface area contributed by atoms with Gasteiger partial charge in [0, 0.05) is 12.6 Å². The first-order chi connectivity index (χ1) is 10.7. The highest BCUT2D eigenvalue weighted by atomic mass is 15.1. The van der Waals surface area contributed by atoms with Crippen LogP contribution in [0.3, 0.4) is 0 Å². The van der Waals surface area contributed by atoms with Crippen LogP contribution in [0.15, 0.2) is 42.5 Å². The number of fused-ring (bicyclic) bond motifs is 1. The zero-order valence-corrected chi connectivity index (χ0v) is 14.3. The average molecular weight is 298 g/mol. The molecular weight excluding hydrogens is 268 g/mol. The molecule has 1 N–H and O–H groups in total. The van der Waals surface area contributed by atoms with E-state index >= 15 is 0 Å². The molecule has 0 radical (unpaired) electrons. The quantitative estimate of drug-likeness (QED) is 0.736. The van der Waals surface area contributed by atoms with Crippen LogP contribution in [0.2, 0.25) is 0 Å². The van der Waals surface area contributed by atoms with Crippen molar-refractivity contribution in [1.29, 1.82) is 0 Å². The Balaban J connectivity index is 1.76. The number of hydrogen-bond acceptors (Lipinski definition) is 2. The Morgan fingerprint density at radius 2 is 1.73 bits per heavy atom. The van der Waals surface area contributed by atoms with E-state index in [1.54, 1.807) is 0 Å². The van der Waals surface area contributed by atoms with E-state index < -0.39 is 0 Å². The van der Waals surface area contributed by atoms with E-state index in [2.05, 4.69) is 73.5 Å². The minimum absolute atomic E-state index is 0.571. The Morgan fingerprint density at radius 3 is 2.45 bits per heavy atom. The minimum atomic E-state index is 0.571. The molecule has 1 atom stereocenters. The van der Waals surface area contributed by atoms with Gasteiger partial charge < -0.3 is 10.2 Å². The van der Waals surface area contributed by atoms with Crippen molar-refractivity contribution in [3.8, 4) is 0 Å². The Hall–Kier alpha value is -1.38. The Labute approximate surface area is 135 Å². The fraction of sp³-hybridized carbons (Fsp3) is 0.500. The molecule has 2 rings (SSSR count). The first-order valence-corrected chi connectivity index (χ1v) is 8.66. The standard InChI is InChI=1S/C20H30N2/c1-4-22(5-2)14-8-9-17(3)21-16-18-12-13-19-10-6-7-11-20(19)15-18/h6-7,10-13,15,17,21H,4-5,8-9,14,16H2,1-3H3. The number of nitrogens with zero attached hydrogens (tertiary/aromatic N) is 1. The average Bonchev–Trinajstić information content (AvgIpc) is 2.56. The summed E-state index contributed by atoms with van der Waals surface area (Å²) >= 11 is 0. The van der Waals surface area contributed by atoms with Crippen molar-refractivity contribution in [3.05, 3.63) is 48.0 Å². The van der Waals surface area contributed by atoms with Crippen LogP contribution in [0.5, 0.6) is 0 Å². The maximum Gasteiger partial charge on any atom is 0.0208 e. The van der Waals surface area contributed by atoms with E-state index in [0.717, 1.165) is 19.6 Å². The third-order valence-corrected chi connectivity index (χ3v) is 4.47. The van der Waals surface area contributed by atoms with Gasteiger partial charge in [-0.3, -0.25) is 0 Å². The third kappa shape index (κ3) is 5.11. The molecule has 120 valence electrons. The van der Waals surface area contributed by atoms with Gasteiger partial charge in [0.05, 0.1) is 0 Å². The fourth-order valence-electron chi connectivity index (χ4n) is 2.90. The van der Waals surface area contributed by atoms with Crippen LogP contribution in [0.25, 0.3) is 10.8 Å². The second-order valence-corrected chi connectivity index (χ2v) is 6.13. The van der Waals surface area contributed by atoms with Gasteiger partial charge in [0.1, 0.15) is 0 Å². The summed E-state index contributed by atoms with van der Waals surface area (Å²) in [4.78, 5) is 2.50. The summed E-state index contributed by atoms with van der Waals surface area (Å²) in [5.41, 5.74) is 1.37. The largest absolute Gasteiger partial charge is 0.310 e. The van der Waals surface area contributed by atoms with Gasteiger partial charge in [0.25, 0.3) is 0 Å². The summed E-state index contributed by atoms with van der Waals surface area (Å²) in [6.07, 6.45) is 2.51. The van der Waals surface area contributed by atoms with Crippen molar-refractivity contribution in [3.63, 3.8) is 0 Å². The van der Waals surface area contributed by atoms with Crippen LogP contribution in [-0.4, -0.2) is 30.6 Å². The highest BCUT2D eigenvalue weighted by Gasteiger charge is 2.04. The molecule has 0 aliphatic carbocycles. The van der Waals surface area contributed by atoms with Crippen LogP contribution in [0, 0.1) is 0 Å². The highest BCUT2D eigenvalue weighted by molar-refractivity contribution is 5.82. The van der Waals surface area contributed by atoms with Crippen LogP contribution < -0.4 is 5.32 Å². The molecule has 1 unspecified atom stereocenters. The van der Waals surface area contributed by atoms with Gasteiger partial charge in [0.15, 0.2) is 0 Å².